The van der Waals surface area contributed by atoms with Crippen LogP contribution in [0.2, 0.25) is 5.02 Å². The van der Waals surface area contributed by atoms with Gasteiger partial charge in [-0.1, -0.05) is 54.1 Å². The van der Waals surface area contributed by atoms with Crippen LogP contribution >= 0.6 is 11.6 Å². The van der Waals surface area contributed by atoms with Crippen molar-refractivity contribution >= 4 is 23.4 Å². The molecule has 212 valence electrons. The second kappa shape index (κ2) is 12.3. The number of imidazole rings is 1. The van der Waals surface area contributed by atoms with Crippen LogP contribution in [-0.2, 0) is 24.4 Å². The molecule has 0 fully saturated rings. The van der Waals surface area contributed by atoms with Gasteiger partial charge in [0.25, 0.3) is 11.8 Å². The van der Waals surface area contributed by atoms with Crippen molar-refractivity contribution in [3.05, 3.63) is 111 Å². The van der Waals surface area contributed by atoms with Crippen molar-refractivity contribution in [2.45, 2.75) is 39.6 Å². The molecule has 0 radical (unpaired) electrons. The summed E-state index contributed by atoms with van der Waals surface area (Å²) in [6.45, 7) is 4.55. The van der Waals surface area contributed by atoms with Crippen LogP contribution in [-0.4, -0.2) is 45.1 Å². The molecular weight excluding hydrogens is 544 g/mol. The first-order valence-corrected chi connectivity index (χ1v) is 13.8. The molecule has 0 atom stereocenters. The molecule has 4 aromatic rings. The van der Waals surface area contributed by atoms with Gasteiger partial charge in [0.2, 0.25) is 0 Å². The molecule has 1 N–H and O–H groups in total. The normalized spacial score (nSPS) is 12.6. The molecule has 0 spiro atoms. The van der Waals surface area contributed by atoms with Crippen molar-refractivity contribution < 1.29 is 19.1 Å². The maximum absolute atomic E-state index is 13.7. The number of carbonyl (C=O) groups is 2. The Hall–Kier alpha value is -4.50. The Morgan fingerprint density at radius 1 is 0.951 bits per heavy atom. The highest BCUT2D eigenvalue weighted by atomic mass is 35.5. The number of benzene rings is 3. The van der Waals surface area contributed by atoms with Crippen LogP contribution in [0.4, 0.5) is 0 Å². The van der Waals surface area contributed by atoms with E-state index in [4.69, 9.17) is 21.1 Å². The zero-order valence-electron chi connectivity index (χ0n) is 22.9. The highest BCUT2D eigenvalue weighted by Crippen LogP contribution is 2.25. The van der Waals surface area contributed by atoms with E-state index in [2.05, 4.69) is 5.32 Å². The summed E-state index contributed by atoms with van der Waals surface area (Å²) in [6.07, 6.45) is -0.00453. The minimum Gasteiger partial charge on any atom is -0.491 e. The van der Waals surface area contributed by atoms with E-state index in [-0.39, 0.29) is 49.6 Å². The fourth-order valence-corrected chi connectivity index (χ4v) is 4.94. The molecule has 9 nitrogen and oxygen atoms in total. The number of hydrogen-bond donors (Lipinski definition) is 1. The van der Waals surface area contributed by atoms with Crippen molar-refractivity contribution in [1.82, 2.24) is 19.4 Å². The third-order valence-corrected chi connectivity index (χ3v) is 7.01. The highest BCUT2D eigenvalue weighted by Gasteiger charge is 2.32. The monoisotopic (exact) mass is 574 g/mol. The van der Waals surface area contributed by atoms with Crippen LogP contribution in [0.3, 0.4) is 0 Å². The standard InChI is InChI=1S/C31H31ClN4O5/c1-21(2)41-24-14-12-23(13-15-24)36-29(30(38)33-18-22-8-4-3-5-9-22)26-19-34(16-17-35(26)31(36)39)28(37)20-40-27-11-7-6-10-25(27)32/h3-15,21H,16-20H2,1-2H3,(H,33,38). The largest absolute Gasteiger partial charge is 0.491 e. The third-order valence-electron chi connectivity index (χ3n) is 6.70. The van der Waals surface area contributed by atoms with Crippen LogP contribution in [0, 0.1) is 0 Å². The van der Waals surface area contributed by atoms with E-state index in [0.29, 0.717) is 34.4 Å². The van der Waals surface area contributed by atoms with Crippen LogP contribution in [0.15, 0.2) is 83.7 Å². The van der Waals surface area contributed by atoms with Gasteiger partial charge in [-0.3, -0.25) is 18.7 Å². The number of halogens is 1. The van der Waals surface area contributed by atoms with Crippen LogP contribution in [0.25, 0.3) is 5.69 Å². The lowest BCUT2D eigenvalue weighted by atomic mass is 10.2. The van der Waals surface area contributed by atoms with Crippen molar-refractivity contribution in [2.75, 3.05) is 13.2 Å². The lowest BCUT2D eigenvalue weighted by Gasteiger charge is -2.28. The predicted molar refractivity (Wildman–Crippen MR) is 156 cm³/mol. The SMILES string of the molecule is CC(C)Oc1ccc(-n2c(C(=O)NCc3ccccc3)c3n(c2=O)CCN(C(=O)COc2ccccc2Cl)C3)cc1. The molecule has 2 amide bonds. The molecule has 3 aromatic carbocycles. The Bertz CT molecular complexity index is 1600. The van der Waals surface area contributed by atoms with E-state index in [1.54, 1.807) is 58.0 Å². The predicted octanol–water partition coefficient (Wildman–Crippen LogP) is 4.43. The Morgan fingerprint density at radius 3 is 2.37 bits per heavy atom. The molecule has 1 aromatic heterocycles. The molecule has 0 saturated carbocycles. The summed E-state index contributed by atoms with van der Waals surface area (Å²) >= 11 is 6.16. The number of fused-ring (bicyclic) bond motifs is 1. The number of carbonyl (C=O) groups excluding carboxylic acids is 2. The molecule has 0 bridgehead atoms. The van der Waals surface area contributed by atoms with Gasteiger partial charge in [0.05, 0.1) is 29.1 Å². The van der Waals surface area contributed by atoms with Crippen molar-refractivity contribution in [2.24, 2.45) is 0 Å². The zero-order chi connectivity index (χ0) is 28.9. The topological polar surface area (TPSA) is 94.8 Å². The Kier molecular flexibility index (Phi) is 8.45. The van der Waals surface area contributed by atoms with Gasteiger partial charge in [-0.05, 0) is 55.8 Å². The molecule has 5 rings (SSSR count). The number of ether oxygens (including phenoxy) is 2. The molecule has 1 aliphatic rings. The Morgan fingerprint density at radius 2 is 1.66 bits per heavy atom. The average Bonchev–Trinajstić information content (AvgIpc) is 3.27. The second-order valence-electron chi connectivity index (χ2n) is 9.93. The van der Waals surface area contributed by atoms with E-state index in [1.165, 1.54) is 4.57 Å². The maximum Gasteiger partial charge on any atom is 0.333 e. The Balaban J connectivity index is 1.45. The zero-order valence-corrected chi connectivity index (χ0v) is 23.6. The van der Waals surface area contributed by atoms with Crippen molar-refractivity contribution in [3.8, 4) is 17.2 Å². The van der Waals surface area contributed by atoms with Crippen molar-refractivity contribution in [1.29, 1.82) is 0 Å². The number of nitrogens with zero attached hydrogens (tertiary/aromatic N) is 3. The minimum absolute atomic E-state index is 0.00453. The fourth-order valence-electron chi connectivity index (χ4n) is 4.75. The van der Waals surface area contributed by atoms with Crippen molar-refractivity contribution in [3.63, 3.8) is 0 Å². The molecule has 0 aliphatic carbocycles. The molecule has 2 heterocycles. The van der Waals surface area contributed by atoms with E-state index in [1.807, 2.05) is 44.2 Å². The molecule has 0 saturated heterocycles. The second-order valence-corrected chi connectivity index (χ2v) is 10.3. The number of aromatic nitrogens is 2. The summed E-state index contributed by atoms with van der Waals surface area (Å²) < 4.78 is 14.4. The average molecular weight is 575 g/mol. The minimum atomic E-state index is -0.413. The van der Waals surface area contributed by atoms with Gasteiger partial charge in [-0.2, -0.15) is 0 Å². The third kappa shape index (κ3) is 6.30. The molecule has 10 heteroatoms. The summed E-state index contributed by atoms with van der Waals surface area (Å²) in [5, 5.41) is 3.35. The number of hydrogen-bond acceptors (Lipinski definition) is 5. The number of nitrogens with one attached hydrogen (secondary N) is 1. The van der Waals surface area contributed by atoms with Crippen LogP contribution in [0.5, 0.6) is 11.5 Å². The molecule has 1 aliphatic heterocycles. The molecular formula is C31H31ClN4O5. The molecule has 0 unspecified atom stereocenters. The maximum atomic E-state index is 13.7. The van der Waals surface area contributed by atoms with Gasteiger partial charge in [0, 0.05) is 19.6 Å². The number of rotatable bonds is 9. The van der Waals surface area contributed by atoms with Gasteiger partial charge in [0.1, 0.15) is 17.2 Å². The van der Waals surface area contributed by atoms with Gasteiger partial charge >= 0.3 is 5.69 Å². The summed E-state index contributed by atoms with van der Waals surface area (Å²) in [5.74, 6) is 0.380. The first-order valence-electron chi connectivity index (χ1n) is 13.4. The van der Waals surface area contributed by atoms with Gasteiger partial charge in [-0.15, -0.1) is 0 Å². The quantitative estimate of drug-likeness (QED) is 0.319. The summed E-state index contributed by atoms with van der Waals surface area (Å²) in [6, 6.07) is 23.5. The lowest BCUT2D eigenvalue weighted by molar-refractivity contribution is -0.134. The molecule has 41 heavy (non-hydrogen) atoms. The highest BCUT2D eigenvalue weighted by molar-refractivity contribution is 6.32. The Labute approximate surface area is 242 Å². The fraction of sp³-hybridized carbons (Fsp3) is 0.258. The van der Waals surface area contributed by atoms with Gasteiger partial charge in [0.15, 0.2) is 6.61 Å². The summed E-state index contributed by atoms with van der Waals surface area (Å²) in [7, 11) is 0. The lowest BCUT2D eigenvalue weighted by Crippen LogP contribution is -2.43. The smallest absolute Gasteiger partial charge is 0.333 e. The van der Waals surface area contributed by atoms with Crippen LogP contribution in [0.1, 0.15) is 35.6 Å². The van der Waals surface area contributed by atoms with E-state index in [9.17, 15) is 14.4 Å². The summed E-state index contributed by atoms with van der Waals surface area (Å²) in [4.78, 5) is 42.1. The first kappa shape index (κ1) is 28.0. The summed E-state index contributed by atoms with van der Waals surface area (Å²) in [5.41, 5.74) is 1.75. The first-order chi connectivity index (χ1) is 19.8. The van der Waals surface area contributed by atoms with E-state index in [0.717, 1.165) is 5.56 Å². The van der Waals surface area contributed by atoms with E-state index >= 15 is 0 Å². The van der Waals surface area contributed by atoms with E-state index < -0.39 is 5.91 Å². The number of para-hydroxylation sites is 1. The van der Waals surface area contributed by atoms with Gasteiger partial charge in [-0.25, -0.2) is 4.79 Å². The number of amides is 2. The van der Waals surface area contributed by atoms with Crippen LogP contribution < -0.4 is 20.5 Å². The van der Waals surface area contributed by atoms with Gasteiger partial charge < -0.3 is 19.7 Å².